The van der Waals surface area contributed by atoms with Gasteiger partial charge < -0.3 is 9.64 Å². The van der Waals surface area contributed by atoms with Crippen LogP contribution < -0.4 is 4.74 Å². The van der Waals surface area contributed by atoms with Crippen molar-refractivity contribution in [3.05, 3.63) is 29.8 Å². The Bertz CT molecular complexity index is 711. The zero-order chi connectivity index (χ0) is 18.4. The minimum absolute atomic E-state index is 0.0343. The van der Waals surface area contributed by atoms with Crippen molar-refractivity contribution in [3.8, 4) is 5.75 Å². The predicted molar refractivity (Wildman–Crippen MR) is 95.6 cm³/mol. The second-order valence-electron chi connectivity index (χ2n) is 6.23. The van der Waals surface area contributed by atoms with Crippen LogP contribution in [0.1, 0.15) is 43.5 Å². The maximum atomic E-state index is 12.5. The molecule has 0 N–H and O–H groups in total. The summed E-state index contributed by atoms with van der Waals surface area (Å²) < 4.78 is 28.9. The molecule has 0 spiro atoms. The maximum absolute atomic E-state index is 12.5. The lowest BCUT2D eigenvalue weighted by Gasteiger charge is -2.27. The Morgan fingerprint density at radius 3 is 2.40 bits per heavy atom. The molecular formula is C18H25NO5S. The van der Waals surface area contributed by atoms with E-state index < -0.39 is 9.84 Å². The molecule has 1 fully saturated rings. The third kappa shape index (κ3) is 5.29. The van der Waals surface area contributed by atoms with Crippen molar-refractivity contribution in [1.82, 2.24) is 4.90 Å². The minimum atomic E-state index is -3.04. The molecule has 1 aromatic rings. The van der Waals surface area contributed by atoms with Gasteiger partial charge in [0.15, 0.2) is 22.2 Å². The number of ketones is 1. The molecule has 6 nitrogen and oxygen atoms in total. The second kappa shape index (κ2) is 8.47. The van der Waals surface area contributed by atoms with Gasteiger partial charge in [0.1, 0.15) is 5.75 Å². The van der Waals surface area contributed by atoms with Gasteiger partial charge in [-0.25, -0.2) is 8.42 Å². The number of hydrogen-bond acceptors (Lipinski definition) is 5. The van der Waals surface area contributed by atoms with Gasteiger partial charge in [0, 0.05) is 24.6 Å². The number of rotatable bonds is 8. The van der Waals surface area contributed by atoms with Crippen LogP contribution in [0.4, 0.5) is 0 Å². The highest BCUT2D eigenvalue weighted by atomic mass is 32.2. The highest BCUT2D eigenvalue weighted by Gasteiger charge is 2.34. The van der Waals surface area contributed by atoms with Gasteiger partial charge in [0.05, 0.1) is 11.5 Å². The molecule has 0 bridgehead atoms. The molecule has 2 rings (SSSR count). The molecule has 1 aliphatic heterocycles. The van der Waals surface area contributed by atoms with Crippen molar-refractivity contribution in [3.63, 3.8) is 0 Å². The van der Waals surface area contributed by atoms with Gasteiger partial charge in [-0.3, -0.25) is 9.59 Å². The molecule has 0 aromatic heterocycles. The number of sulfone groups is 1. The van der Waals surface area contributed by atoms with Crippen LogP contribution in [0.15, 0.2) is 24.3 Å². The van der Waals surface area contributed by atoms with Gasteiger partial charge in [-0.1, -0.05) is 13.8 Å². The van der Waals surface area contributed by atoms with Crippen LogP contribution in [-0.4, -0.2) is 55.7 Å². The number of benzene rings is 1. The van der Waals surface area contributed by atoms with E-state index in [1.807, 2.05) is 6.92 Å². The van der Waals surface area contributed by atoms with E-state index in [4.69, 9.17) is 4.74 Å². The molecule has 1 atom stereocenters. The van der Waals surface area contributed by atoms with E-state index in [1.165, 1.54) is 0 Å². The van der Waals surface area contributed by atoms with Crippen LogP contribution >= 0.6 is 0 Å². The van der Waals surface area contributed by atoms with Crippen LogP contribution in [0, 0.1) is 0 Å². The Kier molecular flexibility index (Phi) is 6.58. The summed E-state index contributed by atoms with van der Waals surface area (Å²) in [5.41, 5.74) is 0.616. The molecule has 25 heavy (non-hydrogen) atoms. The maximum Gasteiger partial charge on any atom is 0.260 e. The summed E-state index contributed by atoms with van der Waals surface area (Å²) >= 11 is 0. The molecule has 1 amide bonds. The summed E-state index contributed by atoms with van der Waals surface area (Å²) in [6, 6.07) is 6.43. The van der Waals surface area contributed by atoms with Crippen molar-refractivity contribution >= 4 is 21.5 Å². The average Bonchev–Trinajstić information content (AvgIpc) is 2.96. The quantitative estimate of drug-likeness (QED) is 0.657. The molecule has 0 saturated carbocycles. The van der Waals surface area contributed by atoms with Crippen molar-refractivity contribution < 1.29 is 22.7 Å². The first-order valence-electron chi connectivity index (χ1n) is 8.62. The summed E-state index contributed by atoms with van der Waals surface area (Å²) in [6.07, 6.45) is 1.69. The van der Waals surface area contributed by atoms with Crippen molar-refractivity contribution in [1.29, 1.82) is 0 Å². The van der Waals surface area contributed by atoms with Gasteiger partial charge in [0.2, 0.25) is 0 Å². The Morgan fingerprint density at radius 2 is 1.88 bits per heavy atom. The van der Waals surface area contributed by atoms with Gasteiger partial charge in [-0.2, -0.15) is 0 Å². The van der Waals surface area contributed by atoms with E-state index in [2.05, 4.69) is 0 Å². The highest BCUT2D eigenvalue weighted by Crippen LogP contribution is 2.19. The van der Waals surface area contributed by atoms with Crippen molar-refractivity contribution in [2.24, 2.45) is 0 Å². The van der Waals surface area contributed by atoms with E-state index >= 15 is 0 Å². The molecule has 7 heteroatoms. The fraction of sp³-hybridized carbons (Fsp3) is 0.556. The third-order valence-corrected chi connectivity index (χ3v) is 6.04. The summed E-state index contributed by atoms with van der Waals surface area (Å²) in [7, 11) is -3.04. The molecule has 0 aliphatic carbocycles. The number of nitrogens with zero attached hydrogens (tertiary/aromatic N) is 1. The van der Waals surface area contributed by atoms with E-state index in [0.717, 1.165) is 6.42 Å². The summed E-state index contributed by atoms with van der Waals surface area (Å²) in [5.74, 6) is 0.527. The first-order valence-corrected chi connectivity index (χ1v) is 10.4. The van der Waals surface area contributed by atoms with Crippen molar-refractivity contribution in [2.75, 3.05) is 24.7 Å². The third-order valence-electron chi connectivity index (χ3n) is 4.29. The largest absolute Gasteiger partial charge is 0.484 e. The lowest BCUT2D eigenvalue weighted by molar-refractivity contribution is -0.135. The van der Waals surface area contributed by atoms with E-state index in [0.29, 0.717) is 30.7 Å². The Hall–Kier alpha value is -1.89. The normalized spacial score (nSPS) is 18.7. The predicted octanol–water partition coefficient (Wildman–Crippen LogP) is 2.08. The van der Waals surface area contributed by atoms with Gasteiger partial charge in [0.25, 0.3) is 5.91 Å². The zero-order valence-electron chi connectivity index (χ0n) is 14.7. The van der Waals surface area contributed by atoms with Crippen LogP contribution in [-0.2, 0) is 14.6 Å². The van der Waals surface area contributed by atoms with Crippen LogP contribution in [0.25, 0.3) is 0 Å². The van der Waals surface area contributed by atoms with E-state index in [9.17, 15) is 18.0 Å². The van der Waals surface area contributed by atoms with Crippen LogP contribution in [0.3, 0.4) is 0 Å². The topological polar surface area (TPSA) is 80.8 Å². The Balaban J connectivity index is 1.96. The van der Waals surface area contributed by atoms with E-state index in [1.54, 1.807) is 36.1 Å². The first kappa shape index (κ1) is 19.4. The summed E-state index contributed by atoms with van der Waals surface area (Å²) in [6.45, 7) is 4.13. The van der Waals surface area contributed by atoms with Gasteiger partial charge >= 0.3 is 0 Å². The van der Waals surface area contributed by atoms with Crippen molar-refractivity contribution in [2.45, 2.75) is 39.2 Å². The number of Topliss-reactive ketones (excluding diaryl/α,β-unsaturated/α-hetero) is 1. The number of carbonyl (C=O) groups excluding carboxylic acids is 2. The highest BCUT2D eigenvalue weighted by molar-refractivity contribution is 7.91. The van der Waals surface area contributed by atoms with Crippen LogP contribution in [0.5, 0.6) is 5.75 Å². The van der Waals surface area contributed by atoms with Crippen LogP contribution in [0.2, 0.25) is 0 Å². The minimum Gasteiger partial charge on any atom is -0.484 e. The smallest absolute Gasteiger partial charge is 0.260 e. The fourth-order valence-electron chi connectivity index (χ4n) is 2.94. The van der Waals surface area contributed by atoms with Gasteiger partial charge in [-0.05, 0) is 37.1 Å². The SMILES string of the molecule is CCCN(C(=O)COc1ccc(C(=O)CC)cc1)C1CCS(=O)(=O)C1. The Labute approximate surface area is 149 Å². The molecule has 138 valence electrons. The molecule has 1 aliphatic rings. The lowest BCUT2D eigenvalue weighted by Crippen LogP contribution is -2.44. The molecule has 1 heterocycles. The molecule has 1 aromatic carbocycles. The lowest BCUT2D eigenvalue weighted by atomic mass is 10.1. The standard InChI is InChI=1S/C18H25NO5S/c1-3-10-19(15-9-11-25(22,23)13-15)18(21)12-24-16-7-5-14(6-8-16)17(20)4-2/h5-8,15H,3-4,9-13H2,1-2H3. The number of carbonyl (C=O) groups is 2. The molecular weight excluding hydrogens is 342 g/mol. The van der Waals surface area contributed by atoms with E-state index in [-0.39, 0.29) is 35.8 Å². The summed E-state index contributed by atoms with van der Waals surface area (Å²) in [4.78, 5) is 25.7. The fourth-order valence-corrected chi connectivity index (χ4v) is 4.67. The first-order chi connectivity index (χ1) is 11.9. The molecule has 1 unspecified atom stereocenters. The second-order valence-corrected chi connectivity index (χ2v) is 8.46. The Morgan fingerprint density at radius 1 is 1.20 bits per heavy atom. The zero-order valence-corrected chi connectivity index (χ0v) is 15.5. The summed E-state index contributed by atoms with van der Waals surface area (Å²) in [5, 5.41) is 0. The average molecular weight is 367 g/mol. The monoisotopic (exact) mass is 367 g/mol. The van der Waals surface area contributed by atoms with Gasteiger partial charge in [-0.15, -0.1) is 0 Å². The number of amides is 1. The number of hydrogen-bond donors (Lipinski definition) is 0. The number of ether oxygens (including phenoxy) is 1. The molecule has 0 radical (unpaired) electrons. The molecule has 1 saturated heterocycles.